The summed E-state index contributed by atoms with van der Waals surface area (Å²) in [6.45, 7) is 5.02. The second kappa shape index (κ2) is 9.28. The first-order valence-corrected chi connectivity index (χ1v) is 9.53. The fourth-order valence-corrected chi connectivity index (χ4v) is 2.96. The molecule has 3 rings (SSSR count). The topological polar surface area (TPSA) is 79.5 Å². The molecule has 1 N–H and O–H groups in total. The number of amides is 1. The molecule has 0 saturated carbocycles. The molecule has 0 radical (unpaired) electrons. The summed E-state index contributed by atoms with van der Waals surface area (Å²) in [4.78, 5) is 14.4. The Bertz CT molecular complexity index is 919. The van der Waals surface area contributed by atoms with E-state index in [1.165, 1.54) is 0 Å². The zero-order valence-electron chi connectivity index (χ0n) is 16.3. The smallest absolute Gasteiger partial charge is 0.253 e. The Morgan fingerprint density at radius 1 is 1.04 bits per heavy atom. The number of hydrogen-bond acceptors (Lipinski definition) is 5. The third-order valence-electron chi connectivity index (χ3n) is 4.51. The third kappa shape index (κ3) is 4.64. The van der Waals surface area contributed by atoms with E-state index in [9.17, 15) is 9.90 Å². The lowest BCUT2D eigenvalue weighted by molar-refractivity contribution is 0.0719. The van der Waals surface area contributed by atoms with Crippen LogP contribution in [-0.4, -0.2) is 45.8 Å². The van der Waals surface area contributed by atoms with Crippen molar-refractivity contribution < 1.29 is 14.3 Å². The van der Waals surface area contributed by atoms with Crippen LogP contribution < -0.4 is 0 Å². The number of aryl methyl sites for hydroxylation is 1. The lowest BCUT2D eigenvalue weighted by Crippen LogP contribution is -2.34. The summed E-state index contributed by atoms with van der Waals surface area (Å²) in [5.74, 6) is 0.793. The van der Waals surface area contributed by atoms with Gasteiger partial charge in [0.25, 0.3) is 5.91 Å². The highest BCUT2D eigenvalue weighted by molar-refractivity contribution is 5.94. The normalized spacial score (nSPS) is 10.8. The molecule has 0 spiro atoms. The highest BCUT2D eigenvalue weighted by Gasteiger charge is 2.16. The Balaban J connectivity index is 1.76. The van der Waals surface area contributed by atoms with Crippen LogP contribution in [0.4, 0.5) is 0 Å². The first-order chi connectivity index (χ1) is 13.6. The predicted octanol–water partition coefficient (Wildman–Crippen LogP) is 3.95. The summed E-state index contributed by atoms with van der Waals surface area (Å²) < 4.78 is 5.80. The van der Waals surface area contributed by atoms with Crippen molar-refractivity contribution in [1.29, 1.82) is 0 Å². The minimum atomic E-state index is -0.0833. The van der Waals surface area contributed by atoms with Gasteiger partial charge in [-0.2, -0.15) is 0 Å². The van der Waals surface area contributed by atoms with Crippen LogP contribution in [0.15, 0.2) is 52.9 Å². The van der Waals surface area contributed by atoms with Gasteiger partial charge in [-0.25, -0.2) is 0 Å². The van der Waals surface area contributed by atoms with E-state index >= 15 is 0 Å². The van der Waals surface area contributed by atoms with Crippen molar-refractivity contribution in [1.82, 2.24) is 15.1 Å². The lowest BCUT2D eigenvalue weighted by atomic mass is 10.1. The quantitative estimate of drug-likeness (QED) is 0.641. The van der Waals surface area contributed by atoms with Gasteiger partial charge >= 0.3 is 0 Å². The molecule has 1 heterocycles. The molecule has 6 nitrogen and oxygen atoms in total. The van der Waals surface area contributed by atoms with Crippen molar-refractivity contribution in [3.63, 3.8) is 0 Å². The largest absolute Gasteiger partial charge is 0.416 e. The molecule has 28 heavy (non-hydrogen) atoms. The maximum Gasteiger partial charge on any atom is 0.253 e. The molecule has 0 unspecified atom stereocenters. The van der Waals surface area contributed by atoms with Gasteiger partial charge in [0.05, 0.1) is 6.61 Å². The average Bonchev–Trinajstić information content (AvgIpc) is 3.21. The fourth-order valence-electron chi connectivity index (χ4n) is 2.96. The standard InChI is InChI=1S/C22H25N3O3/c1-3-4-12-25(13-14-26)22(27)18-10-8-17(9-11-18)20-23-24-21(28-20)19-7-5-6-16(2)15-19/h5-11,15,26H,3-4,12-14H2,1-2H3. The second-order valence-electron chi connectivity index (χ2n) is 6.73. The summed E-state index contributed by atoms with van der Waals surface area (Å²) in [6.07, 6.45) is 1.90. The van der Waals surface area contributed by atoms with Crippen LogP contribution in [0.3, 0.4) is 0 Å². The monoisotopic (exact) mass is 379 g/mol. The molecule has 0 atom stereocenters. The molecular weight excluding hydrogens is 354 g/mol. The minimum absolute atomic E-state index is 0.0444. The van der Waals surface area contributed by atoms with E-state index in [0.29, 0.717) is 30.4 Å². The second-order valence-corrected chi connectivity index (χ2v) is 6.73. The van der Waals surface area contributed by atoms with Crippen LogP contribution in [0.5, 0.6) is 0 Å². The summed E-state index contributed by atoms with van der Waals surface area (Å²) in [6, 6.07) is 15.0. The van der Waals surface area contributed by atoms with E-state index in [1.54, 1.807) is 29.2 Å². The maximum absolute atomic E-state index is 12.7. The van der Waals surface area contributed by atoms with Crippen molar-refractivity contribution in [2.75, 3.05) is 19.7 Å². The average molecular weight is 379 g/mol. The molecule has 1 aromatic heterocycles. The molecule has 0 fully saturated rings. The molecule has 2 aromatic carbocycles. The number of carbonyl (C=O) groups excluding carboxylic acids is 1. The van der Waals surface area contributed by atoms with Crippen molar-refractivity contribution in [2.45, 2.75) is 26.7 Å². The van der Waals surface area contributed by atoms with Gasteiger partial charge in [0, 0.05) is 29.8 Å². The molecule has 1 amide bonds. The van der Waals surface area contributed by atoms with Gasteiger partial charge in [-0.1, -0.05) is 31.0 Å². The molecule has 146 valence electrons. The molecule has 0 aliphatic carbocycles. The summed E-state index contributed by atoms with van der Waals surface area (Å²) >= 11 is 0. The van der Waals surface area contributed by atoms with E-state index < -0.39 is 0 Å². The maximum atomic E-state index is 12.7. The van der Waals surface area contributed by atoms with E-state index in [2.05, 4.69) is 17.1 Å². The van der Waals surface area contributed by atoms with Crippen molar-refractivity contribution in [3.8, 4) is 22.9 Å². The number of benzene rings is 2. The van der Waals surface area contributed by atoms with Gasteiger partial charge in [0.1, 0.15) is 0 Å². The van der Waals surface area contributed by atoms with Gasteiger partial charge in [-0.3, -0.25) is 4.79 Å². The van der Waals surface area contributed by atoms with E-state index in [0.717, 1.165) is 29.5 Å². The fraction of sp³-hybridized carbons (Fsp3) is 0.318. The van der Waals surface area contributed by atoms with Crippen molar-refractivity contribution in [3.05, 3.63) is 59.7 Å². The van der Waals surface area contributed by atoms with Gasteiger partial charge in [-0.05, 0) is 49.7 Å². The zero-order valence-corrected chi connectivity index (χ0v) is 16.3. The van der Waals surface area contributed by atoms with Crippen LogP contribution in [0.25, 0.3) is 22.9 Å². The lowest BCUT2D eigenvalue weighted by Gasteiger charge is -2.21. The van der Waals surface area contributed by atoms with Crippen molar-refractivity contribution >= 4 is 5.91 Å². The van der Waals surface area contributed by atoms with E-state index in [1.807, 2.05) is 31.2 Å². The zero-order chi connectivity index (χ0) is 19.9. The van der Waals surface area contributed by atoms with Gasteiger partial charge < -0.3 is 14.4 Å². The van der Waals surface area contributed by atoms with Gasteiger partial charge in [-0.15, -0.1) is 10.2 Å². The summed E-state index contributed by atoms with van der Waals surface area (Å²) in [5.41, 5.74) is 3.33. The molecule has 0 aliphatic heterocycles. The van der Waals surface area contributed by atoms with Gasteiger partial charge in [0.15, 0.2) is 0 Å². The van der Waals surface area contributed by atoms with Crippen LogP contribution in [0.2, 0.25) is 0 Å². The predicted molar refractivity (Wildman–Crippen MR) is 108 cm³/mol. The molecular formula is C22H25N3O3. The van der Waals surface area contributed by atoms with Crippen LogP contribution in [0, 0.1) is 6.92 Å². The van der Waals surface area contributed by atoms with Crippen LogP contribution in [-0.2, 0) is 0 Å². The van der Waals surface area contributed by atoms with E-state index in [-0.39, 0.29) is 12.5 Å². The molecule has 0 bridgehead atoms. The number of rotatable bonds is 8. The summed E-state index contributed by atoms with van der Waals surface area (Å²) in [7, 11) is 0. The SMILES string of the molecule is CCCCN(CCO)C(=O)c1ccc(-c2nnc(-c3cccc(C)c3)o2)cc1. The Morgan fingerprint density at radius 2 is 1.75 bits per heavy atom. The number of aromatic nitrogens is 2. The molecule has 3 aromatic rings. The first kappa shape index (κ1) is 19.8. The molecule has 0 aliphatic rings. The number of aliphatic hydroxyl groups excluding tert-OH is 1. The Morgan fingerprint density at radius 3 is 2.39 bits per heavy atom. The first-order valence-electron chi connectivity index (χ1n) is 9.53. The number of aliphatic hydroxyl groups is 1. The van der Waals surface area contributed by atoms with E-state index in [4.69, 9.17) is 4.42 Å². The highest BCUT2D eigenvalue weighted by Crippen LogP contribution is 2.24. The number of unbranched alkanes of at least 4 members (excludes halogenated alkanes) is 1. The highest BCUT2D eigenvalue weighted by atomic mass is 16.4. The Labute approximate surface area is 164 Å². The van der Waals surface area contributed by atoms with Crippen LogP contribution >= 0.6 is 0 Å². The summed E-state index contributed by atoms with van der Waals surface area (Å²) in [5, 5.41) is 17.5. The number of nitrogens with zero attached hydrogens (tertiary/aromatic N) is 3. The molecule has 6 heteroatoms. The van der Waals surface area contributed by atoms with Crippen molar-refractivity contribution in [2.24, 2.45) is 0 Å². The number of carbonyl (C=O) groups is 1. The Hall–Kier alpha value is -2.99. The van der Waals surface area contributed by atoms with Crippen LogP contribution in [0.1, 0.15) is 35.7 Å². The number of hydrogen-bond donors (Lipinski definition) is 1. The third-order valence-corrected chi connectivity index (χ3v) is 4.51. The minimum Gasteiger partial charge on any atom is -0.416 e. The Kier molecular flexibility index (Phi) is 6.55. The molecule has 0 saturated heterocycles. The van der Waals surface area contributed by atoms with Gasteiger partial charge in [0.2, 0.25) is 11.8 Å².